The SMILES string of the molecule is COc1ccc(S(=O)(=O)N(C)CC(=O)NCCCN2CCc3ccccc32)cc1OC. The van der Waals surface area contributed by atoms with E-state index in [1.54, 1.807) is 0 Å². The molecule has 3 rings (SSSR count). The Morgan fingerprint density at radius 1 is 1.13 bits per heavy atom. The highest BCUT2D eigenvalue weighted by atomic mass is 32.2. The number of hydrogen-bond donors (Lipinski definition) is 1. The van der Waals surface area contributed by atoms with Crippen LogP contribution in [-0.4, -0.2) is 66.1 Å². The summed E-state index contributed by atoms with van der Waals surface area (Å²) >= 11 is 0. The fourth-order valence-electron chi connectivity index (χ4n) is 3.64. The van der Waals surface area contributed by atoms with Crippen molar-refractivity contribution < 1.29 is 22.7 Å². The Labute approximate surface area is 183 Å². The molecule has 168 valence electrons. The Hall–Kier alpha value is -2.78. The van der Waals surface area contributed by atoms with Crippen LogP contribution in [0.3, 0.4) is 0 Å². The summed E-state index contributed by atoms with van der Waals surface area (Å²) in [5, 5.41) is 2.81. The minimum absolute atomic E-state index is 0.0353. The number of benzene rings is 2. The molecular weight excluding hydrogens is 418 g/mol. The summed E-state index contributed by atoms with van der Waals surface area (Å²) in [4.78, 5) is 14.6. The first-order chi connectivity index (χ1) is 14.9. The van der Waals surface area contributed by atoms with Gasteiger partial charge < -0.3 is 19.7 Å². The van der Waals surface area contributed by atoms with E-state index in [-0.39, 0.29) is 17.3 Å². The number of carbonyl (C=O) groups excluding carboxylic acids is 1. The number of ether oxygens (including phenoxy) is 2. The summed E-state index contributed by atoms with van der Waals surface area (Å²) in [6, 6.07) is 12.7. The molecule has 1 heterocycles. The second-order valence-electron chi connectivity index (χ2n) is 7.35. The van der Waals surface area contributed by atoms with Gasteiger partial charge in [0.05, 0.1) is 25.7 Å². The van der Waals surface area contributed by atoms with Crippen molar-refractivity contribution in [1.29, 1.82) is 0 Å². The van der Waals surface area contributed by atoms with Gasteiger partial charge in [0.15, 0.2) is 11.5 Å². The number of para-hydroxylation sites is 1. The van der Waals surface area contributed by atoms with E-state index < -0.39 is 10.0 Å². The highest BCUT2D eigenvalue weighted by molar-refractivity contribution is 7.89. The van der Waals surface area contributed by atoms with Gasteiger partial charge in [0.2, 0.25) is 15.9 Å². The predicted molar refractivity (Wildman–Crippen MR) is 119 cm³/mol. The highest BCUT2D eigenvalue weighted by Crippen LogP contribution is 2.30. The fourth-order valence-corrected chi connectivity index (χ4v) is 4.78. The highest BCUT2D eigenvalue weighted by Gasteiger charge is 2.24. The lowest BCUT2D eigenvalue weighted by Crippen LogP contribution is -2.39. The number of hydrogen-bond acceptors (Lipinski definition) is 6. The standard InChI is InChI=1S/C22H29N3O5S/c1-24(31(27,28)18-9-10-20(29-2)21(15-18)30-3)16-22(26)23-12-6-13-25-14-11-17-7-4-5-8-19(17)25/h4-5,7-10,15H,6,11-14,16H2,1-3H3,(H,23,26). The van der Waals surface area contributed by atoms with Crippen LogP contribution in [0.5, 0.6) is 11.5 Å². The van der Waals surface area contributed by atoms with Crippen LogP contribution in [0.4, 0.5) is 5.69 Å². The molecule has 0 aromatic heterocycles. The van der Waals surface area contributed by atoms with Gasteiger partial charge in [-0.25, -0.2) is 8.42 Å². The van der Waals surface area contributed by atoms with Crippen LogP contribution in [0.25, 0.3) is 0 Å². The average Bonchev–Trinajstić information content (AvgIpc) is 3.19. The van der Waals surface area contributed by atoms with E-state index in [2.05, 4.69) is 28.4 Å². The lowest BCUT2D eigenvalue weighted by Gasteiger charge is -2.20. The van der Waals surface area contributed by atoms with Crippen molar-refractivity contribution in [3.63, 3.8) is 0 Å². The van der Waals surface area contributed by atoms with Gasteiger partial charge in [0.25, 0.3) is 0 Å². The Balaban J connectivity index is 1.49. The molecule has 1 aliphatic rings. The maximum absolute atomic E-state index is 12.8. The third-order valence-corrected chi connectivity index (χ3v) is 7.14. The largest absolute Gasteiger partial charge is 0.493 e. The van der Waals surface area contributed by atoms with Gasteiger partial charge >= 0.3 is 0 Å². The number of anilines is 1. The number of fused-ring (bicyclic) bond motifs is 1. The van der Waals surface area contributed by atoms with E-state index in [4.69, 9.17) is 9.47 Å². The van der Waals surface area contributed by atoms with Gasteiger partial charge in [-0.05, 0) is 36.6 Å². The molecule has 0 fully saturated rings. The average molecular weight is 448 g/mol. The summed E-state index contributed by atoms with van der Waals surface area (Å²) in [6.07, 6.45) is 1.83. The van der Waals surface area contributed by atoms with E-state index in [1.807, 2.05) is 6.07 Å². The quantitative estimate of drug-likeness (QED) is 0.560. The van der Waals surface area contributed by atoms with Crippen molar-refractivity contribution in [2.45, 2.75) is 17.7 Å². The molecule has 0 saturated heterocycles. The molecule has 2 aromatic carbocycles. The Morgan fingerprint density at radius 3 is 2.61 bits per heavy atom. The van der Waals surface area contributed by atoms with E-state index in [0.29, 0.717) is 18.0 Å². The Morgan fingerprint density at radius 2 is 1.87 bits per heavy atom. The topological polar surface area (TPSA) is 88.2 Å². The van der Waals surface area contributed by atoms with Crippen molar-refractivity contribution in [1.82, 2.24) is 9.62 Å². The normalized spacial score (nSPS) is 13.2. The molecular formula is C22H29N3O5S. The summed E-state index contributed by atoms with van der Waals surface area (Å²) < 4.78 is 36.9. The van der Waals surface area contributed by atoms with Crippen LogP contribution in [0.2, 0.25) is 0 Å². The molecule has 0 unspecified atom stereocenters. The van der Waals surface area contributed by atoms with Crippen molar-refractivity contribution >= 4 is 21.6 Å². The third kappa shape index (κ3) is 5.29. The van der Waals surface area contributed by atoms with Gasteiger partial charge in [-0.15, -0.1) is 0 Å². The van der Waals surface area contributed by atoms with Crippen molar-refractivity contribution in [3.05, 3.63) is 48.0 Å². The van der Waals surface area contributed by atoms with Crippen molar-refractivity contribution in [2.75, 3.05) is 52.3 Å². The van der Waals surface area contributed by atoms with Gasteiger partial charge in [-0.3, -0.25) is 4.79 Å². The van der Waals surface area contributed by atoms with Gasteiger partial charge in [-0.1, -0.05) is 18.2 Å². The zero-order chi connectivity index (χ0) is 22.4. The maximum Gasteiger partial charge on any atom is 0.243 e. The fraction of sp³-hybridized carbons (Fsp3) is 0.409. The predicted octanol–water partition coefficient (Wildman–Crippen LogP) is 1.89. The van der Waals surface area contributed by atoms with E-state index in [0.717, 1.165) is 30.2 Å². The summed E-state index contributed by atoms with van der Waals surface area (Å²) in [5.74, 6) is 0.403. The first-order valence-electron chi connectivity index (χ1n) is 10.1. The number of rotatable bonds is 10. The molecule has 0 atom stereocenters. The zero-order valence-corrected chi connectivity index (χ0v) is 18.9. The van der Waals surface area contributed by atoms with Gasteiger partial charge in [-0.2, -0.15) is 4.31 Å². The lowest BCUT2D eigenvalue weighted by atomic mass is 10.2. The van der Waals surface area contributed by atoms with Crippen molar-refractivity contribution in [2.24, 2.45) is 0 Å². The molecule has 9 heteroatoms. The summed E-state index contributed by atoms with van der Waals surface area (Å²) in [6.45, 7) is 2.06. The zero-order valence-electron chi connectivity index (χ0n) is 18.1. The van der Waals surface area contributed by atoms with Crippen LogP contribution in [-0.2, 0) is 21.2 Å². The maximum atomic E-state index is 12.8. The molecule has 0 saturated carbocycles. The van der Waals surface area contributed by atoms with Gasteiger partial charge in [0, 0.05) is 38.4 Å². The summed E-state index contributed by atoms with van der Waals surface area (Å²) in [7, 11) is 0.456. The molecule has 1 amide bonds. The number of carbonyl (C=O) groups is 1. The minimum atomic E-state index is -3.84. The number of sulfonamides is 1. The number of methoxy groups -OCH3 is 2. The molecule has 31 heavy (non-hydrogen) atoms. The van der Waals surface area contributed by atoms with Crippen molar-refractivity contribution in [3.8, 4) is 11.5 Å². The molecule has 0 bridgehead atoms. The van der Waals surface area contributed by atoms with Crippen LogP contribution < -0.4 is 19.7 Å². The second kappa shape index (κ2) is 10.0. The number of amides is 1. The van der Waals surface area contributed by atoms with E-state index >= 15 is 0 Å². The Kier molecular flexibility index (Phi) is 7.40. The van der Waals surface area contributed by atoms with Crippen LogP contribution >= 0.6 is 0 Å². The molecule has 1 aliphatic heterocycles. The van der Waals surface area contributed by atoms with Crippen LogP contribution in [0, 0.1) is 0 Å². The molecule has 0 aliphatic carbocycles. The molecule has 0 radical (unpaired) electrons. The summed E-state index contributed by atoms with van der Waals surface area (Å²) in [5.41, 5.74) is 2.61. The molecule has 0 spiro atoms. The van der Waals surface area contributed by atoms with Crippen LogP contribution in [0.1, 0.15) is 12.0 Å². The Bertz CT molecular complexity index is 1030. The monoisotopic (exact) mass is 447 g/mol. The molecule has 8 nitrogen and oxygen atoms in total. The molecule has 2 aromatic rings. The lowest BCUT2D eigenvalue weighted by molar-refractivity contribution is -0.121. The van der Waals surface area contributed by atoms with Gasteiger partial charge in [0.1, 0.15) is 0 Å². The smallest absolute Gasteiger partial charge is 0.243 e. The minimum Gasteiger partial charge on any atom is -0.493 e. The number of nitrogens with one attached hydrogen (secondary N) is 1. The molecule has 1 N–H and O–H groups in total. The first kappa shape index (κ1) is 22.9. The first-order valence-corrected chi connectivity index (χ1v) is 11.6. The second-order valence-corrected chi connectivity index (χ2v) is 9.39. The van der Waals surface area contributed by atoms with Crippen LogP contribution in [0.15, 0.2) is 47.4 Å². The van der Waals surface area contributed by atoms with E-state index in [1.165, 1.54) is 50.7 Å². The number of nitrogens with zero attached hydrogens (tertiary/aromatic N) is 2. The third-order valence-electron chi connectivity index (χ3n) is 5.34. The van der Waals surface area contributed by atoms with E-state index in [9.17, 15) is 13.2 Å². The number of likely N-dealkylation sites (N-methyl/N-ethyl adjacent to an activating group) is 1.